The Hall–Kier alpha value is -0.570. The van der Waals surface area contributed by atoms with Gasteiger partial charge in [0.15, 0.2) is 0 Å². The molecular weight excluding hydrogens is 238 g/mol. The molecule has 2 fully saturated rings. The van der Waals surface area contributed by atoms with Crippen molar-refractivity contribution in [2.75, 3.05) is 6.54 Å². The van der Waals surface area contributed by atoms with Crippen LogP contribution in [0.25, 0.3) is 0 Å². The third-order valence-electron chi connectivity index (χ3n) is 4.94. The largest absolute Gasteiger partial charge is 0.480 e. The summed E-state index contributed by atoms with van der Waals surface area (Å²) in [6.45, 7) is 7.54. The predicted molar refractivity (Wildman–Crippen MR) is 77.1 cm³/mol. The smallest absolute Gasteiger partial charge is 0.320 e. The summed E-state index contributed by atoms with van der Waals surface area (Å²) < 4.78 is 0. The molecule has 110 valence electrons. The van der Waals surface area contributed by atoms with Gasteiger partial charge in [-0.25, -0.2) is 0 Å². The zero-order chi connectivity index (χ0) is 14.0. The Morgan fingerprint density at radius 2 is 1.79 bits per heavy atom. The molecule has 2 saturated carbocycles. The van der Waals surface area contributed by atoms with E-state index in [1.165, 1.54) is 38.5 Å². The van der Waals surface area contributed by atoms with Crippen molar-refractivity contribution in [3.05, 3.63) is 0 Å². The molecule has 0 bridgehead atoms. The van der Waals surface area contributed by atoms with Gasteiger partial charge in [0.1, 0.15) is 6.04 Å². The fraction of sp³-hybridized carbons (Fsp3) is 0.938. The molecule has 19 heavy (non-hydrogen) atoms. The average molecular weight is 267 g/mol. The number of carboxylic acid groups (broad SMARTS) is 1. The van der Waals surface area contributed by atoms with Gasteiger partial charge in [-0.05, 0) is 69.7 Å². The zero-order valence-electron chi connectivity index (χ0n) is 12.6. The van der Waals surface area contributed by atoms with Gasteiger partial charge in [-0.2, -0.15) is 0 Å². The Morgan fingerprint density at radius 3 is 2.26 bits per heavy atom. The number of nitrogens with zero attached hydrogens (tertiary/aromatic N) is 1. The number of rotatable bonds is 6. The van der Waals surface area contributed by atoms with Gasteiger partial charge >= 0.3 is 5.97 Å². The van der Waals surface area contributed by atoms with Crippen molar-refractivity contribution < 1.29 is 9.90 Å². The third-order valence-corrected chi connectivity index (χ3v) is 4.94. The quantitative estimate of drug-likeness (QED) is 0.802. The Bertz CT molecular complexity index is 304. The minimum absolute atomic E-state index is 0.314. The lowest BCUT2D eigenvalue weighted by Gasteiger charge is -2.34. The Labute approximate surface area is 117 Å². The van der Waals surface area contributed by atoms with Crippen LogP contribution in [0.1, 0.15) is 59.3 Å². The van der Waals surface area contributed by atoms with Crippen LogP contribution in [0.2, 0.25) is 0 Å². The van der Waals surface area contributed by atoms with Gasteiger partial charge in [-0.1, -0.05) is 13.8 Å². The standard InChI is InChI=1S/C16H29NO2/c1-11-8-12(2)10-14(9-11)6-7-17(15-4-5-15)13(3)16(18)19/h11-15H,4-10H2,1-3H3,(H,18,19). The van der Waals surface area contributed by atoms with Crippen LogP contribution in [0.3, 0.4) is 0 Å². The van der Waals surface area contributed by atoms with Crippen molar-refractivity contribution >= 4 is 5.97 Å². The van der Waals surface area contributed by atoms with Crippen LogP contribution in [-0.4, -0.2) is 34.6 Å². The van der Waals surface area contributed by atoms with E-state index in [1.807, 2.05) is 6.92 Å². The van der Waals surface area contributed by atoms with Crippen molar-refractivity contribution in [2.24, 2.45) is 17.8 Å². The first-order chi connectivity index (χ1) is 8.97. The summed E-state index contributed by atoms with van der Waals surface area (Å²) in [5.41, 5.74) is 0. The lowest BCUT2D eigenvalue weighted by Crippen LogP contribution is -2.42. The molecule has 3 unspecified atom stereocenters. The van der Waals surface area contributed by atoms with Gasteiger partial charge < -0.3 is 5.11 Å². The maximum Gasteiger partial charge on any atom is 0.320 e. The Kier molecular flexibility index (Phi) is 4.88. The van der Waals surface area contributed by atoms with E-state index < -0.39 is 5.97 Å². The molecule has 0 spiro atoms. The molecular formula is C16H29NO2. The van der Waals surface area contributed by atoms with E-state index in [-0.39, 0.29) is 6.04 Å². The summed E-state index contributed by atoms with van der Waals surface area (Å²) in [5, 5.41) is 9.21. The van der Waals surface area contributed by atoms with E-state index in [2.05, 4.69) is 18.7 Å². The summed E-state index contributed by atoms with van der Waals surface area (Å²) >= 11 is 0. The highest BCUT2D eigenvalue weighted by molar-refractivity contribution is 5.73. The Morgan fingerprint density at radius 1 is 1.21 bits per heavy atom. The summed E-state index contributed by atoms with van der Waals surface area (Å²) in [6, 6.07) is 0.232. The first-order valence-electron chi connectivity index (χ1n) is 7.96. The first-order valence-corrected chi connectivity index (χ1v) is 7.96. The van der Waals surface area contributed by atoms with Crippen LogP contribution in [0.15, 0.2) is 0 Å². The van der Waals surface area contributed by atoms with Crippen LogP contribution in [-0.2, 0) is 4.79 Å². The van der Waals surface area contributed by atoms with E-state index >= 15 is 0 Å². The first kappa shape index (κ1) is 14.8. The lowest BCUT2D eigenvalue weighted by atomic mass is 9.75. The average Bonchev–Trinajstić information content (AvgIpc) is 3.12. The predicted octanol–water partition coefficient (Wildman–Crippen LogP) is 3.39. The monoisotopic (exact) mass is 267 g/mol. The minimum atomic E-state index is -0.669. The fourth-order valence-corrected chi connectivity index (χ4v) is 3.92. The van der Waals surface area contributed by atoms with Crippen molar-refractivity contribution in [2.45, 2.75) is 71.4 Å². The molecule has 0 heterocycles. The molecule has 2 aliphatic rings. The molecule has 0 aromatic rings. The highest BCUT2D eigenvalue weighted by Gasteiger charge is 2.35. The molecule has 0 aromatic carbocycles. The molecule has 3 atom stereocenters. The van der Waals surface area contributed by atoms with Crippen molar-refractivity contribution in [3.8, 4) is 0 Å². The summed E-state index contributed by atoms with van der Waals surface area (Å²) in [7, 11) is 0. The van der Waals surface area contributed by atoms with E-state index in [0.29, 0.717) is 6.04 Å². The van der Waals surface area contributed by atoms with E-state index in [4.69, 9.17) is 0 Å². The van der Waals surface area contributed by atoms with Gasteiger partial charge in [0.05, 0.1) is 0 Å². The maximum atomic E-state index is 11.2. The lowest BCUT2D eigenvalue weighted by molar-refractivity contribution is -0.143. The second kappa shape index (κ2) is 6.25. The molecule has 3 nitrogen and oxygen atoms in total. The molecule has 1 N–H and O–H groups in total. The van der Waals surface area contributed by atoms with E-state index in [1.54, 1.807) is 0 Å². The molecule has 0 amide bonds. The van der Waals surface area contributed by atoms with Gasteiger partial charge in [-0.3, -0.25) is 9.69 Å². The van der Waals surface area contributed by atoms with Crippen molar-refractivity contribution in [1.29, 1.82) is 0 Å². The number of aliphatic carboxylic acids is 1. The van der Waals surface area contributed by atoms with Gasteiger partial charge in [-0.15, -0.1) is 0 Å². The van der Waals surface area contributed by atoms with E-state index in [9.17, 15) is 9.90 Å². The highest BCUT2D eigenvalue weighted by Crippen LogP contribution is 2.36. The van der Waals surface area contributed by atoms with Crippen LogP contribution < -0.4 is 0 Å². The molecule has 0 aliphatic heterocycles. The maximum absolute atomic E-state index is 11.2. The molecule has 2 aliphatic carbocycles. The number of hydrogen-bond donors (Lipinski definition) is 1. The van der Waals surface area contributed by atoms with Crippen LogP contribution in [0.5, 0.6) is 0 Å². The van der Waals surface area contributed by atoms with Crippen LogP contribution >= 0.6 is 0 Å². The number of hydrogen-bond acceptors (Lipinski definition) is 2. The summed E-state index contributed by atoms with van der Waals surface area (Å²) in [4.78, 5) is 13.4. The molecule has 3 heteroatoms. The number of carboxylic acids is 1. The molecule has 0 saturated heterocycles. The van der Waals surface area contributed by atoms with Gasteiger partial charge in [0, 0.05) is 6.04 Å². The third kappa shape index (κ3) is 4.20. The van der Waals surface area contributed by atoms with Crippen molar-refractivity contribution in [3.63, 3.8) is 0 Å². The van der Waals surface area contributed by atoms with Crippen molar-refractivity contribution in [1.82, 2.24) is 4.90 Å². The molecule has 0 aromatic heterocycles. The second-order valence-corrected chi connectivity index (χ2v) is 7.06. The normalized spacial score (nSPS) is 33.4. The molecule has 0 radical (unpaired) electrons. The van der Waals surface area contributed by atoms with Crippen LogP contribution in [0, 0.1) is 17.8 Å². The zero-order valence-corrected chi connectivity index (χ0v) is 12.6. The van der Waals surface area contributed by atoms with Crippen LogP contribution in [0.4, 0.5) is 0 Å². The van der Waals surface area contributed by atoms with Gasteiger partial charge in [0.25, 0.3) is 0 Å². The topological polar surface area (TPSA) is 40.5 Å². The highest BCUT2D eigenvalue weighted by atomic mass is 16.4. The minimum Gasteiger partial charge on any atom is -0.480 e. The number of carbonyl (C=O) groups is 1. The van der Waals surface area contributed by atoms with E-state index in [0.717, 1.165) is 24.3 Å². The van der Waals surface area contributed by atoms with Gasteiger partial charge in [0.2, 0.25) is 0 Å². The summed E-state index contributed by atoms with van der Waals surface area (Å²) in [6.07, 6.45) is 7.61. The Balaban J connectivity index is 1.83. The fourth-order valence-electron chi connectivity index (χ4n) is 3.92. The molecule has 2 rings (SSSR count). The SMILES string of the molecule is CC1CC(C)CC(CCN(C2CC2)C(C)C(=O)O)C1. The summed E-state index contributed by atoms with van der Waals surface area (Å²) in [5.74, 6) is 1.83. The second-order valence-electron chi connectivity index (χ2n) is 7.06.